The first kappa shape index (κ1) is 32.1. The lowest BCUT2D eigenvalue weighted by atomic mass is 9.96. The monoisotopic (exact) mass is 628 g/mol. The fraction of sp³-hybridized carbons (Fsp3) is 0.314. The van der Waals surface area contributed by atoms with Crippen molar-refractivity contribution in [3.05, 3.63) is 89.5 Å². The third-order valence-electron chi connectivity index (χ3n) is 7.85. The van der Waals surface area contributed by atoms with E-state index in [2.05, 4.69) is 9.97 Å². The molecule has 5 rings (SSSR count). The van der Waals surface area contributed by atoms with Gasteiger partial charge < -0.3 is 33.2 Å². The highest BCUT2D eigenvalue weighted by Crippen LogP contribution is 2.52. The van der Waals surface area contributed by atoms with Gasteiger partial charge in [0, 0.05) is 54.1 Å². The molecule has 4 aromatic rings. The molecular weight excluding hydrogens is 592 g/mol. The summed E-state index contributed by atoms with van der Waals surface area (Å²) in [6, 6.07) is 12.0. The van der Waals surface area contributed by atoms with E-state index in [1.807, 2.05) is 12.1 Å². The Bertz CT molecular complexity index is 1550. The van der Waals surface area contributed by atoms with Gasteiger partial charge >= 0.3 is 11.9 Å². The second-order valence-electron chi connectivity index (χ2n) is 10.6. The van der Waals surface area contributed by atoms with Gasteiger partial charge in [0.25, 0.3) is 0 Å². The highest BCUT2D eigenvalue weighted by atomic mass is 16.6. The van der Waals surface area contributed by atoms with Gasteiger partial charge in [-0.1, -0.05) is 0 Å². The fourth-order valence-corrected chi connectivity index (χ4v) is 5.48. The Morgan fingerprint density at radius 1 is 0.674 bits per heavy atom. The Labute approximate surface area is 267 Å². The van der Waals surface area contributed by atoms with Crippen molar-refractivity contribution in [2.75, 3.05) is 35.0 Å². The molecule has 0 amide bonds. The molecule has 2 heterocycles. The van der Waals surface area contributed by atoms with E-state index in [-0.39, 0.29) is 40.0 Å². The number of aromatic nitrogens is 2. The first-order valence-corrected chi connectivity index (χ1v) is 14.9. The van der Waals surface area contributed by atoms with Gasteiger partial charge in [0.15, 0.2) is 11.5 Å². The van der Waals surface area contributed by atoms with Crippen molar-refractivity contribution in [2.24, 2.45) is 5.92 Å². The predicted molar refractivity (Wildman–Crippen MR) is 168 cm³/mol. The third-order valence-corrected chi connectivity index (χ3v) is 7.85. The summed E-state index contributed by atoms with van der Waals surface area (Å²) in [5.74, 6) is 1.75. The number of methoxy groups -OCH3 is 4. The highest BCUT2D eigenvalue weighted by molar-refractivity contribution is 5.93. The summed E-state index contributed by atoms with van der Waals surface area (Å²) < 4.78 is 40.3. The molecule has 2 aromatic heterocycles. The number of carbonyl (C=O) groups excluding carboxylic acids is 2. The van der Waals surface area contributed by atoms with Crippen LogP contribution in [0.2, 0.25) is 0 Å². The Morgan fingerprint density at radius 2 is 1.15 bits per heavy atom. The number of nitrogens with zero attached hydrogens (tertiary/aromatic N) is 2. The van der Waals surface area contributed by atoms with E-state index in [0.29, 0.717) is 47.8 Å². The van der Waals surface area contributed by atoms with Crippen LogP contribution in [0, 0.1) is 5.92 Å². The topological polar surface area (TPSA) is 125 Å². The molecule has 0 spiro atoms. The molecule has 0 atom stereocenters. The molecule has 2 aromatic carbocycles. The normalized spacial score (nSPS) is 12.7. The van der Waals surface area contributed by atoms with E-state index >= 15 is 0 Å². The fourth-order valence-electron chi connectivity index (χ4n) is 5.48. The Balaban J connectivity index is 1.45. The third kappa shape index (κ3) is 7.31. The highest BCUT2D eigenvalue weighted by Gasteiger charge is 2.33. The van der Waals surface area contributed by atoms with Crippen molar-refractivity contribution < 1.29 is 42.7 Å². The molecule has 0 saturated carbocycles. The molecule has 46 heavy (non-hydrogen) atoms. The number of benzene rings is 2. The number of ether oxygens (including phenoxy) is 7. The predicted octanol–water partition coefficient (Wildman–Crippen LogP) is 5.91. The summed E-state index contributed by atoms with van der Waals surface area (Å²) in [4.78, 5) is 34.6. The van der Waals surface area contributed by atoms with Crippen molar-refractivity contribution in [1.29, 1.82) is 0 Å². The molecule has 0 unspecified atom stereocenters. The van der Waals surface area contributed by atoms with Crippen LogP contribution in [0.25, 0.3) is 0 Å². The van der Waals surface area contributed by atoms with Crippen LogP contribution in [0.4, 0.5) is 0 Å². The van der Waals surface area contributed by atoms with Gasteiger partial charge in [-0.2, -0.15) is 0 Å². The molecule has 0 bridgehead atoms. The standard InChI is InChI=1S/C35H36N2O9/c1-40-25-17-26(41-2)19-27(18-25)44-16-13-22-9-11-28-29(12-10-22)31(46-35(39)24-8-6-15-37-21-24)33(43-4)32(42-3)30(28)45-34(38)23-7-5-14-36-20-23/h5-8,14-15,17-22H,9-13,16H2,1-4H3. The van der Waals surface area contributed by atoms with Gasteiger partial charge in [0.2, 0.25) is 11.5 Å². The lowest BCUT2D eigenvalue weighted by Crippen LogP contribution is -2.16. The van der Waals surface area contributed by atoms with E-state index in [9.17, 15) is 9.59 Å². The lowest BCUT2D eigenvalue weighted by Gasteiger charge is -2.22. The van der Waals surface area contributed by atoms with E-state index in [1.165, 1.54) is 26.6 Å². The summed E-state index contributed by atoms with van der Waals surface area (Å²) in [7, 11) is 6.08. The smallest absolute Gasteiger partial charge is 0.345 e. The van der Waals surface area contributed by atoms with Crippen molar-refractivity contribution in [1.82, 2.24) is 9.97 Å². The van der Waals surface area contributed by atoms with Crippen molar-refractivity contribution in [2.45, 2.75) is 32.1 Å². The summed E-state index contributed by atoms with van der Waals surface area (Å²) in [6.45, 7) is 0.468. The summed E-state index contributed by atoms with van der Waals surface area (Å²) in [5, 5.41) is 0. The van der Waals surface area contributed by atoms with Crippen molar-refractivity contribution >= 4 is 11.9 Å². The van der Waals surface area contributed by atoms with Gasteiger partial charge in [0.05, 0.1) is 46.2 Å². The maximum Gasteiger partial charge on any atom is 0.345 e. The number of pyridine rings is 2. The molecule has 11 nitrogen and oxygen atoms in total. The van der Waals surface area contributed by atoms with Crippen LogP contribution in [0.15, 0.2) is 67.3 Å². The molecule has 11 heteroatoms. The SMILES string of the molecule is COc1cc(OC)cc(OCCC2CCc3c(c(OC(=O)c4cccnc4)c(OC)c(OC)c3OC(=O)c3cccnc3)CC2)c1. The minimum Gasteiger partial charge on any atom is -0.496 e. The molecule has 0 N–H and O–H groups in total. The molecule has 240 valence electrons. The average molecular weight is 629 g/mol. The van der Waals surface area contributed by atoms with Crippen LogP contribution in [0.5, 0.6) is 40.2 Å². The maximum absolute atomic E-state index is 13.2. The first-order valence-electron chi connectivity index (χ1n) is 14.9. The van der Waals surface area contributed by atoms with E-state index in [0.717, 1.165) is 19.3 Å². The number of esters is 2. The van der Waals surface area contributed by atoms with Crippen LogP contribution in [-0.4, -0.2) is 57.0 Å². The van der Waals surface area contributed by atoms with Gasteiger partial charge in [-0.05, 0) is 62.3 Å². The first-order chi connectivity index (χ1) is 22.4. The zero-order valence-corrected chi connectivity index (χ0v) is 26.2. The van der Waals surface area contributed by atoms with Gasteiger partial charge in [-0.3, -0.25) is 9.97 Å². The largest absolute Gasteiger partial charge is 0.496 e. The Hall–Kier alpha value is -5.32. The van der Waals surface area contributed by atoms with Crippen LogP contribution in [-0.2, 0) is 12.8 Å². The second kappa shape index (κ2) is 15.1. The summed E-state index contributed by atoms with van der Waals surface area (Å²) in [5.41, 5.74) is 1.99. The van der Waals surface area contributed by atoms with E-state index < -0.39 is 11.9 Å². The van der Waals surface area contributed by atoms with E-state index in [4.69, 9.17) is 33.2 Å². The minimum absolute atomic E-state index is 0.154. The van der Waals surface area contributed by atoms with Crippen LogP contribution in [0.3, 0.4) is 0 Å². The Kier molecular flexibility index (Phi) is 10.5. The Morgan fingerprint density at radius 3 is 1.57 bits per heavy atom. The number of carbonyl (C=O) groups is 2. The molecular formula is C35H36N2O9. The second-order valence-corrected chi connectivity index (χ2v) is 10.6. The van der Waals surface area contributed by atoms with E-state index in [1.54, 1.807) is 56.9 Å². The van der Waals surface area contributed by atoms with Crippen molar-refractivity contribution in [3.63, 3.8) is 0 Å². The number of fused-ring (bicyclic) bond motifs is 1. The van der Waals surface area contributed by atoms with Crippen LogP contribution in [0.1, 0.15) is 51.1 Å². The average Bonchev–Trinajstić information content (AvgIpc) is 3.32. The molecule has 0 fully saturated rings. The molecule has 1 aliphatic rings. The van der Waals surface area contributed by atoms with Crippen LogP contribution < -0.4 is 33.2 Å². The van der Waals surface area contributed by atoms with Crippen molar-refractivity contribution in [3.8, 4) is 40.2 Å². The van der Waals surface area contributed by atoms with Gasteiger partial charge in [0.1, 0.15) is 17.2 Å². The maximum atomic E-state index is 13.2. The van der Waals surface area contributed by atoms with Gasteiger partial charge in [-0.15, -0.1) is 0 Å². The molecule has 0 saturated heterocycles. The quantitative estimate of drug-likeness (QED) is 0.106. The molecule has 0 aliphatic heterocycles. The summed E-state index contributed by atoms with van der Waals surface area (Å²) >= 11 is 0. The molecule has 1 aliphatic carbocycles. The molecule has 0 radical (unpaired) electrons. The number of hydrogen-bond acceptors (Lipinski definition) is 11. The minimum atomic E-state index is -0.598. The number of hydrogen-bond donors (Lipinski definition) is 0. The van der Waals surface area contributed by atoms with Crippen LogP contribution >= 0.6 is 0 Å². The zero-order chi connectivity index (χ0) is 32.5. The zero-order valence-electron chi connectivity index (χ0n) is 26.2. The number of rotatable bonds is 12. The summed E-state index contributed by atoms with van der Waals surface area (Å²) in [6.07, 6.45) is 9.37. The lowest BCUT2D eigenvalue weighted by molar-refractivity contribution is 0.0707. The van der Waals surface area contributed by atoms with Gasteiger partial charge in [-0.25, -0.2) is 9.59 Å².